The van der Waals surface area contributed by atoms with Crippen molar-refractivity contribution >= 4 is 26.7 Å². The fourth-order valence-electron chi connectivity index (χ4n) is 2.82. The van der Waals surface area contributed by atoms with Gasteiger partial charge in [-0.1, -0.05) is 6.07 Å². The van der Waals surface area contributed by atoms with Gasteiger partial charge in [-0.2, -0.15) is 0 Å². The van der Waals surface area contributed by atoms with Crippen molar-refractivity contribution in [2.45, 2.75) is 41.7 Å². The Labute approximate surface area is 122 Å². The van der Waals surface area contributed by atoms with E-state index in [1.165, 1.54) is 0 Å². The number of nitrogens with zero attached hydrogens (tertiary/aromatic N) is 2. The minimum absolute atomic E-state index is 0.463. The summed E-state index contributed by atoms with van der Waals surface area (Å²) in [6.07, 6.45) is 9.17. The van der Waals surface area contributed by atoms with Crippen LogP contribution in [0.2, 0.25) is 0 Å². The van der Waals surface area contributed by atoms with Crippen molar-refractivity contribution in [2.75, 3.05) is 0 Å². The highest BCUT2D eigenvalue weighted by Crippen LogP contribution is 2.38. The first kappa shape index (κ1) is 13.1. The summed E-state index contributed by atoms with van der Waals surface area (Å²) in [5.74, 6) is 0. The van der Waals surface area contributed by atoms with Crippen molar-refractivity contribution in [1.29, 1.82) is 3.56 Å². The molecule has 0 saturated heterocycles. The highest BCUT2D eigenvalue weighted by molar-refractivity contribution is 14.1. The topological polar surface area (TPSA) is 41.2 Å². The van der Waals surface area contributed by atoms with Gasteiger partial charge in [0.2, 0.25) is 0 Å². The lowest BCUT2D eigenvalue weighted by atomic mass is 9.82. The Kier molecular flexibility index (Phi) is 3.64. The Hall–Kier alpha value is -0.850. The molecule has 0 spiro atoms. The number of pyridine rings is 1. The van der Waals surface area contributed by atoms with E-state index in [1.807, 2.05) is 28.9 Å². The van der Waals surface area contributed by atoms with E-state index in [1.54, 1.807) is 6.20 Å². The molecule has 1 fully saturated rings. The number of hydrogen-bond acceptors (Lipinski definition) is 2. The van der Waals surface area contributed by atoms with Gasteiger partial charge in [-0.25, -0.2) is 9.37 Å². The Bertz CT molecular complexity index is 587. The molecular weight excluding hydrogens is 356 g/mol. The molecule has 0 aliphatic heterocycles. The number of fused-ring (bicyclic) bond motifs is 1. The lowest BCUT2D eigenvalue weighted by molar-refractivity contribution is 0.111. The molecule has 0 amide bonds. The average molecular weight is 373 g/mol. The zero-order chi connectivity index (χ0) is 13.3. The maximum atomic E-state index is 14.8. The number of hydrogen-bond donors (Lipinski definition) is 1. The number of nitrogens with one attached hydrogen (secondary N) is 1. The summed E-state index contributed by atoms with van der Waals surface area (Å²) in [7, 11) is 0. The van der Waals surface area contributed by atoms with Crippen molar-refractivity contribution in [3.05, 3.63) is 36.3 Å². The summed E-state index contributed by atoms with van der Waals surface area (Å²) in [6, 6.07) is 3.92. The zero-order valence-electron chi connectivity index (χ0n) is 10.6. The number of halogens is 2. The molecule has 1 N–H and O–H groups in total. The molecule has 1 saturated carbocycles. The molecule has 102 valence electrons. The fourth-order valence-corrected chi connectivity index (χ4v) is 4.07. The van der Waals surface area contributed by atoms with Gasteiger partial charge in [0.15, 0.2) is 0 Å². The van der Waals surface area contributed by atoms with Crippen LogP contribution in [0.4, 0.5) is 4.39 Å². The monoisotopic (exact) mass is 373 g/mol. The second-order valence-corrected chi connectivity index (χ2v) is 7.73. The van der Waals surface area contributed by atoms with Gasteiger partial charge in [-0.05, 0) is 58.3 Å². The van der Waals surface area contributed by atoms with Crippen LogP contribution in [0.3, 0.4) is 0 Å². The van der Waals surface area contributed by atoms with E-state index in [4.69, 9.17) is 3.56 Å². The van der Waals surface area contributed by atoms with E-state index in [9.17, 15) is 4.39 Å². The van der Waals surface area contributed by atoms with Gasteiger partial charge < -0.3 is 4.40 Å². The molecule has 3 nitrogen and oxygen atoms in total. The minimum Gasteiger partial charge on any atom is -0.307 e. The molecule has 1 aliphatic rings. The maximum Gasteiger partial charge on any atom is 0.136 e. The van der Waals surface area contributed by atoms with Gasteiger partial charge in [-0.15, -0.1) is 0 Å². The summed E-state index contributed by atoms with van der Waals surface area (Å²) < 4.78 is 24.8. The number of imidazole rings is 1. The summed E-state index contributed by atoms with van der Waals surface area (Å²) in [5, 5.41) is 0. The van der Waals surface area contributed by atoms with Crippen LogP contribution in [0, 0.1) is 3.56 Å². The van der Waals surface area contributed by atoms with Crippen molar-refractivity contribution in [2.24, 2.45) is 0 Å². The van der Waals surface area contributed by atoms with Gasteiger partial charge >= 0.3 is 0 Å². The van der Waals surface area contributed by atoms with Crippen LogP contribution in [-0.2, 0) is 6.42 Å². The van der Waals surface area contributed by atoms with Gasteiger partial charge in [0.05, 0.1) is 0 Å². The normalized spacial score (nSPS) is 27.7. The van der Waals surface area contributed by atoms with Crippen molar-refractivity contribution in [1.82, 2.24) is 9.38 Å². The maximum absolute atomic E-state index is 14.8. The largest absolute Gasteiger partial charge is 0.307 e. The highest BCUT2D eigenvalue weighted by Gasteiger charge is 2.35. The molecule has 3 rings (SSSR count). The van der Waals surface area contributed by atoms with E-state index in [2.05, 4.69) is 4.98 Å². The summed E-state index contributed by atoms with van der Waals surface area (Å²) >= 11 is -0.463. The van der Waals surface area contributed by atoms with Crippen molar-refractivity contribution in [3.8, 4) is 0 Å². The van der Waals surface area contributed by atoms with Crippen molar-refractivity contribution < 1.29 is 4.39 Å². The van der Waals surface area contributed by atoms with E-state index in [0.717, 1.165) is 24.1 Å². The van der Waals surface area contributed by atoms with Crippen LogP contribution >= 0.6 is 21.0 Å². The SMILES string of the molecule is N=IC1CCC(F)(Cc2ccc3nccn3c2)CC1. The summed E-state index contributed by atoms with van der Waals surface area (Å²) in [6.45, 7) is 0. The van der Waals surface area contributed by atoms with E-state index in [0.29, 0.717) is 23.2 Å². The van der Waals surface area contributed by atoms with Crippen molar-refractivity contribution in [3.63, 3.8) is 0 Å². The third-order valence-electron chi connectivity index (χ3n) is 3.94. The quantitative estimate of drug-likeness (QED) is 0.634. The third-order valence-corrected chi connectivity index (χ3v) is 6.06. The smallest absolute Gasteiger partial charge is 0.136 e. The molecular formula is C14H17FIN3. The summed E-state index contributed by atoms with van der Waals surface area (Å²) in [5.41, 5.74) is 0.871. The molecule has 0 radical (unpaired) electrons. The first-order valence-corrected chi connectivity index (χ1v) is 8.91. The standard InChI is InChI=1S/C14H17FIN3/c15-14(5-3-12(16-17)4-6-14)9-11-1-2-13-18-7-8-19(13)10-11/h1-2,7-8,10,12,17H,3-6,9H2. The molecule has 2 aromatic heterocycles. The van der Waals surface area contributed by atoms with Gasteiger partial charge in [0, 0.05) is 28.9 Å². The van der Waals surface area contributed by atoms with Crippen LogP contribution in [0.15, 0.2) is 30.7 Å². The number of rotatable bonds is 3. The van der Waals surface area contributed by atoms with E-state index in [-0.39, 0.29) is 0 Å². The lowest BCUT2D eigenvalue weighted by Gasteiger charge is -2.32. The molecule has 1 aliphatic carbocycles. The molecule has 2 aromatic rings. The molecule has 0 aromatic carbocycles. The molecule has 0 unspecified atom stereocenters. The first-order chi connectivity index (χ1) is 9.18. The fraction of sp³-hybridized carbons (Fsp3) is 0.500. The van der Waals surface area contributed by atoms with Gasteiger partial charge in [0.1, 0.15) is 11.3 Å². The second-order valence-electron chi connectivity index (χ2n) is 5.34. The molecule has 19 heavy (non-hydrogen) atoms. The molecule has 0 atom stereocenters. The predicted octanol–water partition coefficient (Wildman–Crippen LogP) is 4.26. The Morgan fingerprint density at radius 2 is 2.21 bits per heavy atom. The van der Waals surface area contributed by atoms with Gasteiger partial charge in [0.25, 0.3) is 0 Å². The zero-order valence-corrected chi connectivity index (χ0v) is 12.8. The van der Waals surface area contributed by atoms with Crippen LogP contribution in [-0.4, -0.2) is 19.0 Å². The Morgan fingerprint density at radius 1 is 1.42 bits per heavy atom. The Morgan fingerprint density at radius 3 is 2.95 bits per heavy atom. The third kappa shape index (κ3) is 2.85. The van der Waals surface area contributed by atoms with Crippen LogP contribution in [0.1, 0.15) is 31.2 Å². The van der Waals surface area contributed by atoms with E-state index >= 15 is 0 Å². The molecule has 0 bridgehead atoms. The minimum atomic E-state index is -1.07. The van der Waals surface area contributed by atoms with Crippen LogP contribution in [0.5, 0.6) is 0 Å². The Balaban J connectivity index is 1.74. The summed E-state index contributed by atoms with van der Waals surface area (Å²) in [4.78, 5) is 4.20. The van der Waals surface area contributed by atoms with E-state index < -0.39 is 26.7 Å². The number of alkyl halides is 2. The second kappa shape index (κ2) is 5.26. The molecule has 2 heterocycles. The average Bonchev–Trinajstić information content (AvgIpc) is 2.87. The van der Waals surface area contributed by atoms with Crippen LogP contribution in [0.25, 0.3) is 5.65 Å². The number of aromatic nitrogens is 2. The van der Waals surface area contributed by atoms with Gasteiger partial charge in [-0.3, -0.25) is 3.56 Å². The molecule has 5 heteroatoms. The first-order valence-electron chi connectivity index (χ1n) is 6.58. The lowest BCUT2D eigenvalue weighted by Crippen LogP contribution is -2.32. The predicted molar refractivity (Wildman–Crippen MR) is 81.7 cm³/mol. The highest BCUT2D eigenvalue weighted by atomic mass is 127. The van der Waals surface area contributed by atoms with Crippen LogP contribution < -0.4 is 0 Å².